The number of halogens is 4. The molecule has 0 unspecified atom stereocenters. The summed E-state index contributed by atoms with van der Waals surface area (Å²) in [6.07, 6.45) is -2.75. The molecule has 0 radical (unpaired) electrons. The lowest BCUT2D eigenvalue weighted by Crippen LogP contribution is -2.24. The van der Waals surface area contributed by atoms with Gasteiger partial charge in [0.05, 0.1) is 39.6 Å². The summed E-state index contributed by atoms with van der Waals surface area (Å²) in [6, 6.07) is 9.81. The van der Waals surface area contributed by atoms with Crippen molar-refractivity contribution < 1.29 is 17.9 Å². The van der Waals surface area contributed by atoms with Crippen molar-refractivity contribution in [2.75, 3.05) is 0 Å². The molecular weight excluding hydrogens is 421 g/mol. The molecule has 0 bridgehead atoms. The molecule has 2 aromatic carbocycles. The highest BCUT2D eigenvalue weighted by molar-refractivity contribution is 6.32. The molecule has 1 N–H and O–H groups in total. The van der Waals surface area contributed by atoms with Crippen LogP contribution in [0.2, 0.25) is 5.02 Å². The van der Waals surface area contributed by atoms with E-state index >= 15 is 0 Å². The molecule has 1 saturated carbocycles. The minimum atomic E-state index is -4.85. The van der Waals surface area contributed by atoms with Gasteiger partial charge in [0.1, 0.15) is 11.6 Å². The van der Waals surface area contributed by atoms with Crippen LogP contribution in [0.3, 0.4) is 0 Å². The number of aromatic amines is 1. The first-order valence-electron chi connectivity index (χ1n) is 9.23. The fourth-order valence-corrected chi connectivity index (χ4v) is 3.68. The Morgan fingerprint density at radius 1 is 1.20 bits per heavy atom. The molecule has 1 fully saturated rings. The predicted molar refractivity (Wildman–Crippen MR) is 105 cm³/mol. The maximum Gasteiger partial charge on any atom is 0.573 e. The Bertz CT molecular complexity index is 1340. The van der Waals surface area contributed by atoms with Crippen LogP contribution in [0, 0.1) is 0 Å². The molecule has 2 aromatic heterocycles. The minimum Gasteiger partial charge on any atom is -0.404 e. The quantitative estimate of drug-likeness (QED) is 0.503. The molecule has 0 aliphatic heterocycles. The number of benzene rings is 2. The number of nitrogens with one attached hydrogen (secondary N) is 1. The summed E-state index contributed by atoms with van der Waals surface area (Å²) in [5.74, 6) is -0.0237. The Labute approximate surface area is 172 Å². The van der Waals surface area contributed by atoms with E-state index in [1.165, 1.54) is 10.7 Å². The van der Waals surface area contributed by atoms with Crippen molar-refractivity contribution in [2.45, 2.75) is 31.7 Å². The molecule has 6 nitrogen and oxygen atoms in total. The zero-order valence-electron chi connectivity index (χ0n) is 15.3. The average Bonchev–Trinajstić information content (AvgIpc) is 3.45. The number of alkyl halides is 3. The lowest BCUT2D eigenvalue weighted by atomic mass is 10.1. The Morgan fingerprint density at radius 2 is 1.93 bits per heavy atom. The maximum absolute atomic E-state index is 12.7. The van der Waals surface area contributed by atoms with Crippen LogP contribution >= 0.6 is 11.6 Å². The van der Waals surface area contributed by atoms with Gasteiger partial charge in [0, 0.05) is 11.5 Å². The number of H-pyrrole nitrogens is 1. The van der Waals surface area contributed by atoms with E-state index in [1.54, 1.807) is 12.1 Å². The normalized spacial score (nSPS) is 14.5. The highest BCUT2D eigenvalue weighted by Gasteiger charge is 2.32. The second-order valence-electron chi connectivity index (χ2n) is 7.18. The van der Waals surface area contributed by atoms with Crippen molar-refractivity contribution >= 4 is 33.4 Å². The number of aromatic nitrogens is 4. The number of imidazole rings is 1. The van der Waals surface area contributed by atoms with Crippen molar-refractivity contribution in [1.29, 1.82) is 0 Å². The summed E-state index contributed by atoms with van der Waals surface area (Å²) in [6.45, 7) is 0. The molecule has 2 heterocycles. The fourth-order valence-electron chi connectivity index (χ4n) is 3.48. The van der Waals surface area contributed by atoms with Crippen LogP contribution < -0.4 is 10.3 Å². The van der Waals surface area contributed by atoms with Gasteiger partial charge in [-0.3, -0.25) is 4.79 Å². The molecule has 10 heteroatoms. The first-order valence-corrected chi connectivity index (χ1v) is 9.60. The standard InChI is InChI=1S/C20H14ClF3N4O2/c21-13-7-15-16(8-17(13)30-20(22,23)24)26-18(25-15)9-14-11-3-1-2-4-12(11)19(29)28(27-14)10-5-6-10/h1-4,7-8,10H,5-6,9H2,(H,25,26). The molecule has 4 aromatic rings. The smallest absolute Gasteiger partial charge is 0.404 e. The number of hydrogen-bond donors (Lipinski definition) is 1. The van der Waals surface area contributed by atoms with Crippen LogP contribution in [0.25, 0.3) is 21.8 Å². The predicted octanol–water partition coefficient (Wildman–Crippen LogP) is 4.75. The van der Waals surface area contributed by atoms with Gasteiger partial charge in [-0.15, -0.1) is 13.2 Å². The van der Waals surface area contributed by atoms with Crippen molar-refractivity contribution in [1.82, 2.24) is 19.7 Å². The van der Waals surface area contributed by atoms with Crippen LogP contribution in [0.15, 0.2) is 41.2 Å². The molecule has 154 valence electrons. The second-order valence-corrected chi connectivity index (χ2v) is 7.59. The van der Waals surface area contributed by atoms with E-state index in [1.807, 2.05) is 12.1 Å². The zero-order valence-corrected chi connectivity index (χ0v) is 16.1. The first kappa shape index (κ1) is 18.9. The van der Waals surface area contributed by atoms with Crippen LogP contribution in [0.5, 0.6) is 5.75 Å². The largest absolute Gasteiger partial charge is 0.573 e. The van der Waals surface area contributed by atoms with Crippen LogP contribution in [0.1, 0.15) is 30.4 Å². The molecule has 1 aliphatic carbocycles. The summed E-state index contributed by atoms with van der Waals surface area (Å²) in [4.78, 5) is 20.1. The van der Waals surface area contributed by atoms with E-state index in [4.69, 9.17) is 11.6 Å². The Morgan fingerprint density at radius 3 is 2.63 bits per heavy atom. The monoisotopic (exact) mass is 434 g/mol. The van der Waals surface area contributed by atoms with Crippen molar-refractivity contribution in [3.63, 3.8) is 0 Å². The highest BCUT2D eigenvalue weighted by atomic mass is 35.5. The highest BCUT2D eigenvalue weighted by Crippen LogP contribution is 2.35. The summed E-state index contributed by atoms with van der Waals surface area (Å²) < 4.78 is 43.1. The summed E-state index contributed by atoms with van der Waals surface area (Å²) >= 11 is 5.91. The molecule has 30 heavy (non-hydrogen) atoms. The van der Waals surface area contributed by atoms with Crippen LogP contribution in [0.4, 0.5) is 13.2 Å². The third kappa shape index (κ3) is 3.49. The maximum atomic E-state index is 12.7. The van der Waals surface area contributed by atoms with E-state index in [2.05, 4.69) is 19.8 Å². The summed E-state index contributed by atoms with van der Waals surface area (Å²) in [5, 5.41) is 5.68. The lowest BCUT2D eigenvalue weighted by molar-refractivity contribution is -0.274. The number of hydrogen-bond acceptors (Lipinski definition) is 4. The van der Waals surface area contributed by atoms with E-state index in [9.17, 15) is 18.0 Å². The number of fused-ring (bicyclic) bond motifs is 2. The second kappa shape index (κ2) is 6.73. The van der Waals surface area contributed by atoms with E-state index < -0.39 is 12.1 Å². The lowest BCUT2D eigenvalue weighted by Gasteiger charge is -2.09. The Balaban J connectivity index is 1.57. The van der Waals surface area contributed by atoms with Gasteiger partial charge >= 0.3 is 6.36 Å². The van der Waals surface area contributed by atoms with Gasteiger partial charge in [-0.05, 0) is 25.0 Å². The van der Waals surface area contributed by atoms with Crippen molar-refractivity contribution in [2.24, 2.45) is 0 Å². The van der Waals surface area contributed by atoms with Gasteiger partial charge < -0.3 is 9.72 Å². The third-order valence-electron chi connectivity index (χ3n) is 4.94. The number of nitrogens with zero attached hydrogens (tertiary/aromatic N) is 3. The van der Waals surface area contributed by atoms with Gasteiger partial charge in [-0.25, -0.2) is 9.67 Å². The zero-order chi connectivity index (χ0) is 21.0. The Hall–Kier alpha value is -3.07. The molecule has 0 saturated heterocycles. The van der Waals surface area contributed by atoms with E-state index in [0.29, 0.717) is 22.4 Å². The van der Waals surface area contributed by atoms with Crippen molar-refractivity contribution in [3.05, 3.63) is 63.3 Å². The molecule has 0 spiro atoms. The topological polar surface area (TPSA) is 72.8 Å². The van der Waals surface area contributed by atoms with Gasteiger partial charge in [-0.2, -0.15) is 5.10 Å². The average molecular weight is 435 g/mol. The number of ether oxygens (including phenoxy) is 1. The van der Waals surface area contributed by atoms with Crippen molar-refractivity contribution in [3.8, 4) is 5.75 Å². The summed E-state index contributed by atoms with van der Waals surface area (Å²) in [7, 11) is 0. The van der Waals surface area contributed by atoms with E-state index in [-0.39, 0.29) is 28.6 Å². The first-order chi connectivity index (χ1) is 14.3. The van der Waals surface area contributed by atoms with Crippen LogP contribution in [-0.2, 0) is 6.42 Å². The molecule has 1 aliphatic rings. The third-order valence-corrected chi connectivity index (χ3v) is 5.24. The summed E-state index contributed by atoms with van der Waals surface area (Å²) in [5.41, 5.74) is 1.30. The SMILES string of the molecule is O=c1c2ccccc2c(Cc2nc3cc(OC(F)(F)F)c(Cl)cc3[nH]2)nn1C1CC1. The van der Waals surface area contributed by atoms with E-state index in [0.717, 1.165) is 24.3 Å². The van der Waals surface area contributed by atoms with Gasteiger partial charge in [0.25, 0.3) is 5.56 Å². The van der Waals surface area contributed by atoms with Crippen LogP contribution in [-0.4, -0.2) is 26.1 Å². The van der Waals surface area contributed by atoms with Gasteiger partial charge in [0.15, 0.2) is 0 Å². The van der Waals surface area contributed by atoms with Gasteiger partial charge in [0.2, 0.25) is 0 Å². The molecular formula is C20H14ClF3N4O2. The fraction of sp³-hybridized carbons (Fsp3) is 0.250. The molecule has 0 atom stereocenters. The number of rotatable bonds is 4. The van der Waals surface area contributed by atoms with Gasteiger partial charge in [-0.1, -0.05) is 29.8 Å². The minimum absolute atomic E-state index is 0.109. The molecule has 0 amide bonds. The Kier molecular flexibility index (Phi) is 4.25. The molecule has 5 rings (SSSR count).